The van der Waals surface area contributed by atoms with E-state index in [2.05, 4.69) is 4.74 Å². The Morgan fingerprint density at radius 3 is 2.23 bits per heavy atom. The summed E-state index contributed by atoms with van der Waals surface area (Å²) in [6.45, 7) is 2.80. The second-order valence-electron chi connectivity index (χ2n) is 4.97. The molecule has 0 heterocycles. The number of hydrogen-bond acceptors (Lipinski definition) is 7. The van der Waals surface area contributed by atoms with Gasteiger partial charge in [0.2, 0.25) is 0 Å². The van der Waals surface area contributed by atoms with Crippen molar-refractivity contribution in [1.82, 2.24) is 5.32 Å². The average Bonchev–Trinajstić information content (AvgIpc) is 2.39. The van der Waals surface area contributed by atoms with Crippen molar-refractivity contribution in [3.05, 3.63) is 0 Å². The van der Waals surface area contributed by atoms with Crippen molar-refractivity contribution < 1.29 is 40.8 Å². The average molecular weight is 346 g/mol. The van der Waals surface area contributed by atoms with Gasteiger partial charge in [-0.1, -0.05) is 6.92 Å². The molecule has 0 aliphatic heterocycles. The first-order chi connectivity index (χ1) is 9.83. The van der Waals surface area contributed by atoms with Crippen LogP contribution in [0.2, 0.25) is 0 Å². The van der Waals surface area contributed by atoms with Gasteiger partial charge in [-0.05, 0) is 20.3 Å². The monoisotopic (exact) mass is 346 g/mol. The summed E-state index contributed by atoms with van der Waals surface area (Å²) in [6, 6.07) is 0. The van der Waals surface area contributed by atoms with Gasteiger partial charge in [-0.3, -0.25) is 4.79 Å². The van der Waals surface area contributed by atoms with Gasteiger partial charge in [0.25, 0.3) is 0 Å². The smallest absolute Gasteiger partial charge is 0.407 e. The first kappa shape index (κ1) is 20.5. The molecule has 0 unspecified atom stereocenters. The predicted octanol–water partition coefficient (Wildman–Crippen LogP) is 0.830. The molecule has 0 rings (SSSR count). The molecular formula is C11H18F2NO7S-. The largest absolute Gasteiger partial charge is 0.743 e. The minimum atomic E-state index is -5.91. The van der Waals surface area contributed by atoms with E-state index < -0.39 is 39.5 Å². The highest BCUT2D eigenvalue weighted by Gasteiger charge is 2.39. The molecule has 0 atom stereocenters. The van der Waals surface area contributed by atoms with Crippen LogP contribution in [-0.2, 0) is 24.4 Å². The molecule has 0 radical (unpaired) electrons. The summed E-state index contributed by atoms with van der Waals surface area (Å²) in [4.78, 5) is 22.6. The molecule has 0 aromatic carbocycles. The summed E-state index contributed by atoms with van der Waals surface area (Å²) in [5, 5.41) is -2.74. The van der Waals surface area contributed by atoms with Crippen LogP contribution in [0.4, 0.5) is 13.6 Å². The Hall–Kier alpha value is -1.49. The quantitative estimate of drug-likeness (QED) is 0.392. The number of carbonyl (C=O) groups excluding carboxylic acids is 2. The number of rotatable bonds is 8. The molecular weight excluding hydrogens is 328 g/mol. The van der Waals surface area contributed by atoms with Crippen molar-refractivity contribution in [3.63, 3.8) is 0 Å². The second kappa shape index (κ2) is 7.68. The van der Waals surface area contributed by atoms with Crippen LogP contribution < -0.4 is 5.32 Å². The van der Waals surface area contributed by atoms with Crippen LogP contribution in [0.15, 0.2) is 0 Å². The number of nitrogens with one attached hydrogen (secondary N) is 1. The topological polar surface area (TPSA) is 122 Å². The van der Waals surface area contributed by atoms with Crippen LogP contribution in [0.1, 0.15) is 27.2 Å². The maximum absolute atomic E-state index is 12.7. The number of ether oxygens (including phenoxy) is 2. The van der Waals surface area contributed by atoms with Gasteiger partial charge in [0.1, 0.15) is 6.61 Å². The lowest BCUT2D eigenvalue weighted by Gasteiger charge is -2.20. The fourth-order valence-electron chi connectivity index (χ4n) is 0.909. The van der Waals surface area contributed by atoms with Crippen LogP contribution in [0.25, 0.3) is 0 Å². The third kappa shape index (κ3) is 6.52. The number of carbonyl (C=O) groups is 2. The van der Waals surface area contributed by atoms with Crippen LogP contribution in [0.3, 0.4) is 0 Å². The van der Waals surface area contributed by atoms with Gasteiger partial charge in [-0.2, -0.15) is 8.78 Å². The SMILES string of the molecule is CCC(C)(C)C(=O)OCCNC(=O)OCC(F)(F)S(=O)(=O)[O-]. The number of halogens is 2. The molecule has 0 aliphatic carbocycles. The molecule has 11 heteroatoms. The highest BCUT2D eigenvalue weighted by Crippen LogP contribution is 2.21. The van der Waals surface area contributed by atoms with Crippen molar-refractivity contribution in [3.8, 4) is 0 Å². The van der Waals surface area contributed by atoms with Crippen molar-refractivity contribution in [2.45, 2.75) is 32.4 Å². The molecule has 0 bridgehead atoms. The van der Waals surface area contributed by atoms with Gasteiger partial charge in [0.05, 0.1) is 12.0 Å². The lowest BCUT2D eigenvalue weighted by molar-refractivity contribution is -0.153. The summed E-state index contributed by atoms with van der Waals surface area (Å²) in [7, 11) is -5.91. The third-order valence-corrected chi connectivity index (χ3v) is 3.63. The van der Waals surface area contributed by atoms with E-state index in [0.29, 0.717) is 6.42 Å². The minimum Gasteiger partial charge on any atom is -0.743 e. The number of alkyl halides is 2. The maximum Gasteiger partial charge on any atom is 0.407 e. The van der Waals surface area contributed by atoms with E-state index in [1.54, 1.807) is 20.8 Å². The number of alkyl carbamates (subject to hydrolysis) is 1. The van der Waals surface area contributed by atoms with Gasteiger partial charge in [-0.25, -0.2) is 13.2 Å². The fraction of sp³-hybridized carbons (Fsp3) is 0.818. The second-order valence-corrected chi connectivity index (χ2v) is 6.47. The predicted molar refractivity (Wildman–Crippen MR) is 69.0 cm³/mol. The van der Waals surface area contributed by atoms with E-state index >= 15 is 0 Å². The van der Waals surface area contributed by atoms with E-state index in [-0.39, 0.29) is 13.2 Å². The van der Waals surface area contributed by atoms with Gasteiger partial charge >= 0.3 is 17.3 Å². The molecule has 1 amide bonds. The summed E-state index contributed by atoms with van der Waals surface area (Å²) in [6.07, 6.45) is -0.825. The summed E-state index contributed by atoms with van der Waals surface area (Å²) >= 11 is 0. The first-order valence-corrected chi connectivity index (χ1v) is 7.65. The molecule has 0 aliphatic rings. The molecule has 0 saturated heterocycles. The Balaban J connectivity index is 4.06. The van der Waals surface area contributed by atoms with Crippen LogP contribution in [0.5, 0.6) is 0 Å². The van der Waals surface area contributed by atoms with Crippen molar-refractivity contribution in [1.29, 1.82) is 0 Å². The number of amides is 1. The lowest BCUT2D eigenvalue weighted by atomic mass is 9.91. The van der Waals surface area contributed by atoms with Crippen molar-refractivity contribution in [2.75, 3.05) is 19.8 Å². The zero-order chi connectivity index (χ0) is 17.6. The summed E-state index contributed by atoms with van der Waals surface area (Å²) in [5.74, 6) is -0.492. The summed E-state index contributed by atoms with van der Waals surface area (Å²) < 4.78 is 64.6. The molecule has 1 N–H and O–H groups in total. The third-order valence-electron chi connectivity index (χ3n) is 2.78. The van der Waals surface area contributed by atoms with E-state index in [0.717, 1.165) is 0 Å². The van der Waals surface area contributed by atoms with Gasteiger partial charge < -0.3 is 19.3 Å². The first-order valence-electron chi connectivity index (χ1n) is 6.24. The standard InChI is InChI=1S/C11H19F2NO7S/c1-4-10(2,3)8(15)20-6-5-14-9(16)21-7-11(12,13)22(17,18)19/h4-7H2,1-3H3,(H,14,16)(H,17,18,19)/p-1. The maximum atomic E-state index is 12.7. The van der Waals surface area contributed by atoms with E-state index in [1.165, 1.54) is 0 Å². The van der Waals surface area contributed by atoms with Gasteiger partial charge in [-0.15, -0.1) is 0 Å². The Kier molecular flexibility index (Phi) is 7.16. The molecule has 0 aromatic rings. The molecule has 8 nitrogen and oxygen atoms in total. The molecule has 0 aromatic heterocycles. The van der Waals surface area contributed by atoms with Crippen LogP contribution in [0, 0.1) is 5.41 Å². The zero-order valence-electron chi connectivity index (χ0n) is 12.4. The lowest BCUT2D eigenvalue weighted by Crippen LogP contribution is -2.38. The zero-order valence-corrected chi connectivity index (χ0v) is 13.2. The Morgan fingerprint density at radius 2 is 1.77 bits per heavy atom. The molecule has 0 fully saturated rings. The Bertz CT molecular complexity index is 505. The minimum absolute atomic E-state index is 0.215. The summed E-state index contributed by atoms with van der Waals surface area (Å²) in [5.41, 5.74) is -0.689. The fourth-order valence-corrected chi connectivity index (χ4v) is 1.11. The van der Waals surface area contributed by atoms with Crippen molar-refractivity contribution in [2.24, 2.45) is 5.41 Å². The number of esters is 1. The molecule has 0 spiro atoms. The van der Waals surface area contributed by atoms with Gasteiger partial charge in [0, 0.05) is 0 Å². The van der Waals surface area contributed by atoms with E-state index in [1.807, 2.05) is 5.32 Å². The molecule has 22 heavy (non-hydrogen) atoms. The Labute approximate surface area is 126 Å². The van der Waals surface area contributed by atoms with Crippen LogP contribution in [-0.4, -0.2) is 50.0 Å². The van der Waals surface area contributed by atoms with Crippen LogP contribution >= 0.6 is 0 Å². The molecule has 0 saturated carbocycles. The number of hydrogen-bond donors (Lipinski definition) is 1. The molecule has 130 valence electrons. The highest BCUT2D eigenvalue weighted by molar-refractivity contribution is 7.86. The normalized spacial score (nSPS) is 12.6. The Morgan fingerprint density at radius 1 is 1.23 bits per heavy atom. The van der Waals surface area contributed by atoms with E-state index in [9.17, 15) is 31.3 Å². The van der Waals surface area contributed by atoms with Gasteiger partial charge in [0.15, 0.2) is 16.7 Å². The van der Waals surface area contributed by atoms with Crippen molar-refractivity contribution >= 4 is 22.2 Å². The van der Waals surface area contributed by atoms with E-state index in [4.69, 9.17) is 4.74 Å². The highest BCUT2D eigenvalue weighted by atomic mass is 32.2.